The van der Waals surface area contributed by atoms with Crippen LogP contribution in [0.4, 0.5) is 0 Å². The number of rotatable bonds is 2. The summed E-state index contributed by atoms with van der Waals surface area (Å²) in [5.74, 6) is 1.44. The van der Waals surface area contributed by atoms with Gasteiger partial charge in [0, 0.05) is 20.8 Å². The third-order valence-corrected chi connectivity index (χ3v) is 5.18. The molecule has 1 fully saturated rings. The Morgan fingerprint density at radius 3 is 2.92 bits per heavy atom. The molecule has 0 amide bonds. The molecular formula is C9H9BrOS2. The number of halogens is 1. The van der Waals surface area contributed by atoms with E-state index in [-0.39, 0.29) is 5.25 Å². The van der Waals surface area contributed by atoms with Crippen LogP contribution in [-0.2, 0) is 0 Å². The Kier molecular flexibility index (Phi) is 3.11. The summed E-state index contributed by atoms with van der Waals surface area (Å²) in [7, 11) is 0. The molecule has 1 nitrogen and oxygen atoms in total. The Balaban J connectivity index is 2.17. The first kappa shape index (κ1) is 9.74. The smallest absolute Gasteiger partial charge is 0.177 e. The minimum atomic E-state index is 0.214. The molecule has 1 atom stereocenters. The number of thioether (sulfide) groups is 1. The van der Waals surface area contributed by atoms with Crippen molar-refractivity contribution in [2.75, 3.05) is 5.75 Å². The Morgan fingerprint density at radius 2 is 2.38 bits per heavy atom. The van der Waals surface area contributed by atoms with E-state index in [0.29, 0.717) is 5.78 Å². The molecule has 1 aromatic heterocycles. The maximum Gasteiger partial charge on any atom is 0.177 e. The summed E-state index contributed by atoms with van der Waals surface area (Å²) in [5.41, 5.74) is 0.865. The Labute approximate surface area is 94.0 Å². The van der Waals surface area contributed by atoms with Crippen LogP contribution < -0.4 is 0 Å². The van der Waals surface area contributed by atoms with Crippen molar-refractivity contribution in [3.8, 4) is 0 Å². The molecule has 0 aliphatic carbocycles. The van der Waals surface area contributed by atoms with Gasteiger partial charge in [-0.25, -0.2) is 0 Å². The summed E-state index contributed by atoms with van der Waals surface area (Å²) in [5, 5.41) is 4.11. The SMILES string of the molecule is O=C(c1cscc1Br)C1CCCS1. The maximum absolute atomic E-state index is 11.9. The van der Waals surface area contributed by atoms with Crippen LogP contribution in [0.2, 0.25) is 0 Å². The maximum atomic E-state index is 11.9. The van der Waals surface area contributed by atoms with Gasteiger partial charge in [0.1, 0.15) is 0 Å². The molecular weight excluding hydrogens is 268 g/mol. The largest absolute Gasteiger partial charge is 0.293 e. The minimum Gasteiger partial charge on any atom is -0.293 e. The fourth-order valence-corrected chi connectivity index (χ4v) is 4.12. The minimum absolute atomic E-state index is 0.214. The van der Waals surface area contributed by atoms with Crippen LogP contribution in [-0.4, -0.2) is 16.8 Å². The third-order valence-electron chi connectivity index (χ3n) is 2.10. The van der Waals surface area contributed by atoms with Crippen LogP contribution in [0.25, 0.3) is 0 Å². The molecule has 4 heteroatoms. The summed E-state index contributed by atoms with van der Waals surface area (Å²) in [6.45, 7) is 0. The fourth-order valence-electron chi connectivity index (χ4n) is 1.42. The lowest BCUT2D eigenvalue weighted by molar-refractivity contribution is 0.0988. The molecule has 1 saturated heterocycles. The van der Waals surface area contributed by atoms with Crippen LogP contribution in [0, 0.1) is 0 Å². The quantitative estimate of drug-likeness (QED) is 0.768. The molecule has 0 saturated carbocycles. The monoisotopic (exact) mass is 276 g/mol. The van der Waals surface area contributed by atoms with Crippen molar-refractivity contribution in [1.82, 2.24) is 0 Å². The van der Waals surface area contributed by atoms with E-state index < -0.39 is 0 Å². The average molecular weight is 277 g/mol. The topological polar surface area (TPSA) is 17.1 Å². The Bertz CT molecular complexity index is 315. The lowest BCUT2D eigenvalue weighted by atomic mass is 10.1. The standard InChI is InChI=1S/C9H9BrOS2/c10-7-5-12-4-6(7)9(11)8-2-1-3-13-8/h4-5,8H,1-3H2. The summed E-state index contributed by atoms with van der Waals surface area (Å²) in [6, 6.07) is 0. The van der Waals surface area contributed by atoms with Crippen LogP contribution >= 0.6 is 39.0 Å². The Morgan fingerprint density at radius 1 is 1.54 bits per heavy atom. The van der Waals surface area contributed by atoms with Gasteiger partial charge in [-0.2, -0.15) is 23.1 Å². The van der Waals surface area contributed by atoms with Gasteiger partial charge in [-0.15, -0.1) is 0 Å². The molecule has 2 rings (SSSR count). The van der Waals surface area contributed by atoms with Crippen molar-refractivity contribution in [2.24, 2.45) is 0 Å². The van der Waals surface area contributed by atoms with Crippen molar-refractivity contribution in [3.05, 3.63) is 20.8 Å². The van der Waals surface area contributed by atoms with Crippen LogP contribution in [0.3, 0.4) is 0 Å². The zero-order valence-corrected chi connectivity index (χ0v) is 10.2. The first-order valence-electron chi connectivity index (χ1n) is 4.16. The van der Waals surface area contributed by atoms with Gasteiger partial charge >= 0.3 is 0 Å². The normalized spacial score (nSPS) is 22.1. The average Bonchev–Trinajstić information content (AvgIpc) is 2.72. The summed E-state index contributed by atoms with van der Waals surface area (Å²) < 4.78 is 0.954. The zero-order valence-electron chi connectivity index (χ0n) is 6.96. The predicted octanol–water partition coefficient (Wildman–Crippen LogP) is 3.59. The molecule has 0 radical (unpaired) electrons. The number of carbonyl (C=O) groups excluding carboxylic acids is 1. The number of hydrogen-bond donors (Lipinski definition) is 0. The van der Waals surface area contributed by atoms with E-state index in [1.54, 1.807) is 23.1 Å². The summed E-state index contributed by atoms with van der Waals surface area (Å²) in [4.78, 5) is 11.9. The molecule has 0 bridgehead atoms. The van der Waals surface area contributed by atoms with Crippen molar-refractivity contribution >= 4 is 44.8 Å². The summed E-state index contributed by atoms with van der Waals surface area (Å²) >= 11 is 6.76. The predicted molar refractivity (Wildman–Crippen MR) is 61.8 cm³/mol. The van der Waals surface area contributed by atoms with E-state index in [2.05, 4.69) is 15.9 Å². The highest BCUT2D eigenvalue weighted by Crippen LogP contribution is 2.32. The van der Waals surface area contributed by atoms with Gasteiger partial charge in [-0.1, -0.05) is 0 Å². The second-order valence-corrected chi connectivity index (χ2v) is 5.91. The second-order valence-electron chi connectivity index (χ2n) is 3.00. The number of carbonyl (C=O) groups is 1. The molecule has 2 heterocycles. The number of ketones is 1. The first-order chi connectivity index (χ1) is 6.29. The van der Waals surface area contributed by atoms with Gasteiger partial charge in [0.15, 0.2) is 5.78 Å². The van der Waals surface area contributed by atoms with Crippen molar-refractivity contribution in [1.29, 1.82) is 0 Å². The number of Topliss-reactive ketones (excluding diaryl/α,β-unsaturated/α-hetero) is 1. The number of hydrogen-bond acceptors (Lipinski definition) is 3. The van der Waals surface area contributed by atoms with E-state index in [0.717, 1.165) is 22.2 Å². The van der Waals surface area contributed by atoms with Crippen molar-refractivity contribution in [2.45, 2.75) is 18.1 Å². The van der Waals surface area contributed by atoms with E-state index in [9.17, 15) is 4.79 Å². The van der Waals surface area contributed by atoms with Crippen LogP contribution in [0.5, 0.6) is 0 Å². The fraction of sp³-hybridized carbons (Fsp3) is 0.444. The highest BCUT2D eigenvalue weighted by Gasteiger charge is 2.25. The van der Waals surface area contributed by atoms with Gasteiger partial charge in [0.05, 0.1) is 5.25 Å². The van der Waals surface area contributed by atoms with Gasteiger partial charge in [0.25, 0.3) is 0 Å². The van der Waals surface area contributed by atoms with E-state index in [1.165, 1.54) is 6.42 Å². The molecule has 0 N–H and O–H groups in total. The zero-order chi connectivity index (χ0) is 9.26. The van der Waals surface area contributed by atoms with Crippen molar-refractivity contribution in [3.63, 3.8) is 0 Å². The van der Waals surface area contributed by atoms with Crippen LogP contribution in [0.1, 0.15) is 23.2 Å². The van der Waals surface area contributed by atoms with E-state index >= 15 is 0 Å². The van der Waals surface area contributed by atoms with Gasteiger partial charge in [-0.3, -0.25) is 4.79 Å². The molecule has 70 valence electrons. The molecule has 13 heavy (non-hydrogen) atoms. The highest BCUT2D eigenvalue weighted by atomic mass is 79.9. The third kappa shape index (κ3) is 2.00. The van der Waals surface area contributed by atoms with Crippen molar-refractivity contribution < 1.29 is 4.79 Å². The van der Waals surface area contributed by atoms with Gasteiger partial charge in [0.2, 0.25) is 0 Å². The lowest BCUT2D eigenvalue weighted by Crippen LogP contribution is -2.13. The summed E-state index contributed by atoms with van der Waals surface area (Å²) in [6.07, 6.45) is 2.23. The molecule has 0 aromatic carbocycles. The number of thiophene rings is 1. The molecule has 1 unspecified atom stereocenters. The van der Waals surface area contributed by atoms with Gasteiger partial charge < -0.3 is 0 Å². The second kappa shape index (κ2) is 4.15. The molecule has 1 aliphatic heterocycles. The Hall–Kier alpha value is 0.200. The molecule has 1 aliphatic rings. The van der Waals surface area contributed by atoms with Gasteiger partial charge in [-0.05, 0) is 34.5 Å². The van der Waals surface area contributed by atoms with Crippen LogP contribution in [0.15, 0.2) is 15.2 Å². The lowest BCUT2D eigenvalue weighted by Gasteiger charge is -2.05. The molecule has 0 spiro atoms. The highest BCUT2D eigenvalue weighted by molar-refractivity contribution is 9.10. The molecule has 1 aromatic rings. The van der Waals surface area contributed by atoms with E-state index in [4.69, 9.17) is 0 Å². The first-order valence-corrected chi connectivity index (χ1v) is 6.95. The van der Waals surface area contributed by atoms with E-state index in [1.807, 2.05) is 10.8 Å².